The van der Waals surface area contributed by atoms with Crippen LogP contribution in [0.4, 0.5) is 5.69 Å². The standard InChI is InChI=1S/C50H72N2O8/c1-29(2)40-35(53)27-50(38(54)28-51-42(55)30-10-12-31(13-11-30)52-22-24-59-25-23-52)21-20-48(8)32(41(40)50)14-15-37-47(7)18-17-39(46(5,6)36(47)16-19-49(37,48)9)60-44(58)34-26-33(43(56)57)45(34,3)4/h10-13,29,32-34,36-39,54H,14-28H2,1-9H3,(H,51,55)(H,56,57)/t32-,33+,34-,36+,37-,38+,39+,47+,48-,49-,50+/m1/s1. The minimum atomic E-state index is -0.882. The number of esters is 1. The van der Waals surface area contributed by atoms with Crippen LogP contribution in [-0.2, 0) is 23.9 Å². The van der Waals surface area contributed by atoms with E-state index in [1.165, 1.54) is 5.57 Å². The monoisotopic (exact) mass is 829 g/mol. The lowest BCUT2D eigenvalue weighted by Gasteiger charge is -2.72. The van der Waals surface area contributed by atoms with Crippen LogP contribution in [0.25, 0.3) is 0 Å². The number of ether oxygens (including phenoxy) is 2. The third kappa shape index (κ3) is 6.36. The van der Waals surface area contributed by atoms with Gasteiger partial charge in [-0.05, 0) is 133 Å². The molecule has 3 N–H and O–H groups in total. The number of hydrogen-bond acceptors (Lipinski definition) is 8. The number of carboxylic acid groups (broad SMARTS) is 1. The van der Waals surface area contributed by atoms with Crippen LogP contribution < -0.4 is 10.2 Å². The van der Waals surface area contributed by atoms with Gasteiger partial charge in [-0.15, -0.1) is 0 Å². The number of aliphatic hydroxyl groups excluding tert-OH is 1. The summed E-state index contributed by atoms with van der Waals surface area (Å²) in [4.78, 5) is 55.4. The van der Waals surface area contributed by atoms with Gasteiger partial charge < -0.3 is 29.9 Å². The number of nitrogens with zero attached hydrogens (tertiary/aromatic N) is 1. The number of nitrogens with one attached hydrogen (secondary N) is 1. The first-order valence-electron chi connectivity index (χ1n) is 23.2. The predicted octanol–water partition coefficient (Wildman–Crippen LogP) is 8.25. The Morgan fingerprint density at radius 3 is 2.17 bits per heavy atom. The van der Waals surface area contributed by atoms with Crippen molar-refractivity contribution < 1.29 is 38.9 Å². The van der Waals surface area contributed by atoms with Crippen LogP contribution in [0.5, 0.6) is 0 Å². The maximum atomic E-state index is 14.2. The minimum absolute atomic E-state index is 0.00198. The number of ketones is 1. The fourth-order valence-electron chi connectivity index (χ4n) is 15.4. The van der Waals surface area contributed by atoms with Gasteiger partial charge in [-0.1, -0.05) is 67.9 Å². The normalized spacial score (nSPS) is 39.7. The maximum Gasteiger partial charge on any atom is 0.309 e. The number of allylic oxidation sites excluding steroid dienone is 1. The Kier molecular flexibility index (Phi) is 10.8. The summed E-state index contributed by atoms with van der Waals surface area (Å²) in [7, 11) is 0. The van der Waals surface area contributed by atoms with Crippen LogP contribution in [0.2, 0.25) is 0 Å². The average molecular weight is 829 g/mol. The molecule has 6 fully saturated rings. The molecule has 1 aliphatic heterocycles. The Morgan fingerprint density at radius 2 is 1.53 bits per heavy atom. The molecule has 5 saturated carbocycles. The second-order valence-corrected chi connectivity index (χ2v) is 22.5. The van der Waals surface area contributed by atoms with Gasteiger partial charge in [0.1, 0.15) is 6.10 Å². The number of aliphatic carboxylic acids is 1. The fraction of sp³-hybridized carbons (Fsp3) is 0.760. The third-order valence-electron chi connectivity index (χ3n) is 19.1. The minimum Gasteiger partial charge on any atom is -0.481 e. The number of Topliss-reactive ketones (excluding diaryl/α,β-unsaturated/α-hetero) is 1. The van der Waals surface area contributed by atoms with Crippen LogP contribution in [0.3, 0.4) is 0 Å². The third-order valence-corrected chi connectivity index (χ3v) is 19.1. The number of morpholine rings is 1. The second kappa shape index (κ2) is 14.9. The second-order valence-electron chi connectivity index (χ2n) is 22.5. The van der Waals surface area contributed by atoms with Crippen LogP contribution in [-0.4, -0.2) is 78.9 Å². The zero-order valence-electron chi connectivity index (χ0n) is 37.8. The molecule has 60 heavy (non-hydrogen) atoms. The number of fused-ring (bicyclic) bond motifs is 7. The molecule has 10 nitrogen and oxygen atoms in total. The summed E-state index contributed by atoms with van der Waals surface area (Å²) in [5, 5.41) is 25.1. The predicted molar refractivity (Wildman–Crippen MR) is 230 cm³/mol. The Balaban J connectivity index is 1.00. The summed E-state index contributed by atoms with van der Waals surface area (Å²) < 4.78 is 11.9. The first kappa shape index (κ1) is 43.4. The van der Waals surface area contributed by atoms with E-state index in [4.69, 9.17) is 9.47 Å². The van der Waals surface area contributed by atoms with E-state index in [1.54, 1.807) is 0 Å². The molecule has 8 rings (SSSR count). The lowest BCUT2D eigenvalue weighted by Crippen LogP contribution is -2.66. The first-order valence-corrected chi connectivity index (χ1v) is 23.2. The molecule has 1 amide bonds. The van der Waals surface area contributed by atoms with E-state index >= 15 is 0 Å². The van der Waals surface area contributed by atoms with Gasteiger partial charge in [-0.2, -0.15) is 0 Å². The quantitative estimate of drug-likeness (QED) is 0.210. The van der Waals surface area contributed by atoms with Crippen LogP contribution in [0.1, 0.15) is 137 Å². The molecule has 330 valence electrons. The molecule has 10 heteroatoms. The zero-order valence-corrected chi connectivity index (χ0v) is 37.8. The van der Waals surface area contributed by atoms with Crippen molar-refractivity contribution in [3.8, 4) is 0 Å². The number of hydrogen-bond donors (Lipinski definition) is 3. The summed E-state index contributed by atoms with van der Waals surface area (Å²) in [6, 6.07) is 7.65. The molecule has 0 radical (unpaired) electrons. The lowest BCUT2D eigenvalue weighted by atomic mass is 9.33. The number of rotatable bonds is 9. The van der Waals surface area contributed by atoms with Gasteiger partial charge in [0.2, 0.25) is 0 Å². The Morgan fingerprint density at radius 1 is 0.850 bits per heavy atom. The summed E-state index contributed by atoms with van der Waals surface area (Å²) in [6.45, 7) is 23.3. The van der Waals surface area contributed by atoms with Gasteiger partial charge >= 0.3 is 11.9 Å². The molecule has 0 bridgehead atoms. The molecular formula is C50H72N2O8. The summed E-state index contributed by atoms with van der Waals surface area (Å²) in [5.41, 5.74) is 2.14. The Bertz CT molecular complexity index is 1930. The molecule has 7 aliphatic rings. The van der Waals surface area contributed by atoms with Gasteiger partial charge in [0, 0.05) is 48.1 Å². The molecule has 1 saturated heterocycles. The van der Waals surface area contributed by atoms with Gasteiger partial charge in [0.15, 0.2) is 5.78 Å². The van der Waals surface area contributed by atoms with Crippen LogP contribution in [0.15, 0.2) is 35.4 Å². The smallest absolute Gasteiger partial charge is 0.309 e. The molecule has 0 spiro atoms. The highest BCUT2D eigenvalue weighted by atomic mass is 16.5. The van der Waals surface area contributed by atoms with Gasteiger partial charge in [0.25, 0.3) is 5.91 Å². The average Bonchev–Trinajstić information content (AvgIpc) is 3.51. The Labute approximate surface area is 358 Å². The molecule has 6 aliphatic carbocycles. The summed E-state index contributed by atoms with van der Waals surface area (Å²) in [6.07, 6.45) is 7.05. The number of carbonyl (C=O) groups excluding carboxylic acids is 3. The van der Waals surface area contributed by atoms with Crippen molar-refractivity contribution in [1.82, 2.24) is 5.32 Å². The molecule has 1 heterocycles. The highest BCUT2D eigenvalue weighted by Gasteiger charge is 2.71. The SMILES string of the molecule is CC(C)C1=C2[C@H]3CC[C@@H]4[C@@]5(C)CC[C@H](OC(=O)[C@H]6C[C@@H](C(=O)O)C6(C)C)C(C)(C)[C@@H]5CC[C@@]4(C)[C@]3(C)CC[C@@]2([C@@H](O)CNC(=O)c2ccc(N3CCOCC3)cc2)CC1=O. The molecule has 0 aromatic heterocycles. The summed E-state index contributed by atoms with van der Waals surface area (Å²) >= 11 is 0. The Hall–Kier alpha value is -3.24. The van der Waals surface area contributed by atoms with E-state index in [2.05, 4.69) is 58.7 Å². The van der Waals surface area contributed by atoms with Gasteiger partial charge in [-0.3, -0.25) is 19.2 Å². The number of amides is 1. The van der Waals surface area contributed by atoms with Crippen molar-refractivity contribution in [1.29, 1.82) is 0 Å². The first-order chi connectivity index (χ1) is 28.1. The molecule has 11 atom stereocenters. The molecule has 0 unspecified atom stereocenters. The zero-order chi connectivity index (χ0) is 43.4. The van der Waals surface area contributed by atoms with Crippen molar-refractivity contribution in [2.24, 2.45) is 68.0 Å². The van der Waals surface area contributed by atoms with Gasteiger partial charge in [0.05, 0.1) is 31.2 Å². The van der Waals surface area contributed by atoms with Crippen molar-refractivity contribution in [2.75, 3.05) is 37.7 Å². The number of carbonyl (C=O) groups is 4. The number of aliphatic hydroxyl groups is 1. The fourth-order valence-corrected chi connectivity index (χ4v) is 15.4. The largest absolute Gasteiger partial charge is 0.481 e. The number of benzene rings is 1. The highest BCUT2D eigenvalue weighted by Crippen LogP contribution is 2.77. The van der Waals surface area contributed by atoms with Crippen LogP contribution in [0, 0.1) is 68.0 Å². The summed E-state index contributed by atoms with van der Waals surface area (Å²) in [5.74, 6) is -1.03. The van der Waals surface area contributed by atoms with Gasteiger partial charge in [-0.25, -0.2) is 0 Å². The van der Waals surface area contributed by atoms with Crippen LogP contribution >= 0.6 is 0 Å². The van der Waals surface area contributed by atoms with Crippen molar-refractivity contribution in [2.45, 2.75) is 139 Å². The lowest BCUT2D eigenvalue weighted by molar-refractivity contribution is -0.238. The topological polar surface area (TPSA) is 142 Å². The molecule has 1 aromatic rings. The van der Waals surface area contributed by atoms with E-state index in [0.717, 1.165) is 75.7 Å². The van der Waals surface area contributed by atoms with E-state index in [0.29, 0.717) is 43.5 Å². The molecular weight excluding hydrogens is 757 g/mol. The van der Waals surface area contributed by atoms with E-state index in [1.807, 2.05) is 38.1 Å². The highest BCUT2D eigenvalue weighted by molar-refractivity contribution is 6.01. The number of anilines is 1. The van der Waals surface area contributed by atoms with Crippen molar-refractivity contribution in [3.63, 3.8) is 0 Å². The molecule has 1 aromatic carbocycles. The number of carboxylic acids is 1. The van der Waals surface area contributed by atoms with E-state index in [9.17, 15) is 29.4 Å². The van der Waals surface area contributed by atoms with E-state index in [-0.39, 0.29) is 63.8 Å². The maximum absolute atomic E-state index is 14.2. The van der Waals surface area contributed by atoms with Crippen molar-refractivity contribution in [3.05, 3.63) is 41.0 Å². The van der Waals surface area contributed by atoms with E-state index < -0.39 is 34.7 Å². The van der Waals surface area contributed by atoms with Crippen molar-refractivity contribution >= 4 is 29.3 Å².